The topological polar surface area (TPSA) is 29.4 Å². The molecule has 1 aromatic rings. The van der Waals surface area contributed by atoms with Crippen molar-refractivity contribution < 1.29 is 4.79 Å². The molecule has 0 unspecified atom stereocenters. The number of carbonyl (C=O) groups is 1. The van der Waals surface area contributed by atoms with Gasteiger partial charge in [0.2, 0.25) is 0 Å². The van der Waals surface area contributed by atoms with Gasteiger partial charge >= 0.3 is 0 Å². The third kappa shape index (κ3) is 5.45. The molecule has 2 heteroatoms. The van der Waals surface area contributed by atoms with E-state index in [0.29, 0.717) is 6.42 Å². The lowest BCUT2D eigenvalue weighted by Gasteiger charge is -2.25. The summed E-state index contributed by atoms with van der Waals surface area (Å²) in [4.78, 5) is 15.9. The summed E-state index contributed by atoms with van der Waals surface area (Å²) in [7, 11) is 0. The highest BCUT2D eigenvalue weighted by atomic mass is 16.1. The Kier molecular flexibility index (Phi) is 5.14. The van der Waals surface area contributed by atoms with Crippen molar-refractivity contribution in [1.82, 2.24) is 0 Å². The molecule has 0 fully saturated rings. The fraction of sp³-hybridized carbons (Fsp3) is 0.579. The van der Waals surface area contributed by atoms with Crippen LogP contribution in [0.3, 0.4) is 0 Å². The van der Waals surface area contributed by atoms with Crippen LogP contribution in [0.15, 0.2) is 23.2 Å². The van der Waals surface area contributed by atoms with Gasteiger partial charge in [-0.05, 0) is 47.9 Å². The van der Waals surface area contributed by atoms with E-state index >= 15 is 0 Å². The van der Waals surface area contributed by atoms with E-state index in [1.807, 2.05) is 6.92 Å². The molecule has 2 nitrogen and oxygen atoms in total. The molecular weight excluding hydrogens is 258 g/mol. The summed E-state index contributed by atoms with van der Waals surface area (Å²) < 4.78 is 0. The Labute approximate surface area is 129 Å². The molecule has 0 spiro atoms. The first kappa shape index (κ1) is 17.6. The van der Waals surface area contributed by atoms with Crippen LogP contribution in [0, 0.1) is 0 Å². The molecule has 0 amide bonds. The molecule has 1 aromatic carbocycles. The van der Waals surface area contributed by atoms with Gasteiger partial charge in [-0.2, -0.15) is 0 Å². The van der Waals surface area contributed by atoms with Crippen LogP contribution < -0.4 is 0 Å². The number of ketones is 1. The Morgan fingerprint density at radius 2 is 1.33 bits per heavy atom. The van der Waals surface area contributed by atoms with Gasteiger partial charge in [0.05, 0.1) is 5.69 Å². The number of benzene rings is 1. The second kappa shape index (κ2) is 6.13. The maximum atomic E-state index is 11.2. The van der Waals surface area contributed by atoms with Crippen molar-refractivity contribution >= 4 is 17.2 Å². The molecule has 1 rings (SSSR count). The first-order chi connectivity index (χ1) is 9.39. The van der Waals surface area contributed by atoms with Gasteiger partial charge in [-0.3, -0.25) is 9.79 Å². The summed E-state index contributed by atoms with van der Waals surface area (Å²) in [5, 5.41) is 0. The van der Waals surface area contributed by atoms with E-state index in [1.165, 1.54) is 11.1 Å². The van der Waals surface area contributed by atoms with Gasteiger partial charge < -0.3 is 0 Å². The zero-order valence-electron chi connectivity index (χ0n) is 14.8. The molecule has 0 saturated heterocycles. The fourth-order valence-electron chi connectivity index (χ4n) is 2.16. The maximum Gasteiger partial charge on any atom is 0.135 e. The Hall–Kier alpha value is -1.44. The molecule has 0 heterocycles. The minimum atomic E-state index is 0.0833. The quantitative estimate of drug-likeness (QED) is 0.689. The van der Waals surface area contributed by atoms with E-state index < -0.39 is 0 Å². The molecule has 0 aromatic heterocycles. The van der Waals surface area contributed by atoms with Gasteiger partial charge in [-0.15, -0.1) is 0 Å². The van der Waals surface area contributed by atoms with Crippen molar-refractivity contribution in [1.29, 1.82) is 0 Å². The molecule has 0 aliphatic carbocycles. The van der Waals surface area contributed by atoms with Crippen molar-refractivity contribution in [2.75, 3.05) is 0 Å². The van der Waals surface area contributed by atoms with E-state index in [4.69, 9.17) is 0 Å². The van der Waals surface area contributed by atoms with Crippen molar-refractivity contribution in [3.05, 3.63) is 29.3 Å². The van der Waals surface area contributed by atoms with Gasteiger partial charge in [-0.25, -0.2) is 0 Å². The van der Waals surface area contributed by atoms with Crippen molar-refractivity contribution in [2.24, 2.45) is 4.99 Å². The molecule has 21 heavy (non-hydrogen) atoms. The van der Waals surface area contributed by atoms with Gasteiger partial charge in [0.1, 0.15) is 5.78 Å². The zero-order valence-corrected chi connectivity index (χ0v) is 14.8. The van der Waals surface area contributed by atoms with Crippen LogP contribution in [0.1, 0.15) is 72.9 Å². The minimum Gasteiger partial charge on any atom is -0.300 e. The van der Waals surface area contributed by atoms with Crippen LogP contribution in [-0.2, 0) is 15.6 Å². The fourth-order valence-corrected chi connectivity index (χ4v) is 2.16. The van der Waals surface area contributed by atoms with Gasteiger partial charge in [0.25, 0.3) is 0 Å². The normalized spacial score (nSPS) is 13.4. The van der Waals surface area contributed by atoms with Crippen LogP contribution >= 0.6 is 0 Å². The van der Waals surface area contributed by atoms with E-state index in [2.05, 4.69) is 64.7 Å². The van der Waals surface area contributed by atoms with E-state index in [9.17, 15) is 4.79 Å². The predicted molar refractivity (Wildman–Crippen MR) is 91.9 cm³/mol. The van der Waals surface area contributed by atoms with Crippen molar-refractivity contribution in [2.45, 2.75) is 72.6 Å². The highest BCUT2D eigenvalue weighted by molar-refractivity contribution is 6.00. The number of Topliss-reactive ketones (excluding diaryl/α,β-unsaturated/α-hetero) is 1. The van der Waals surface area contributed by atoms with Gasteiger partial charge in [0.15, 0.2) is 0 Å². The summed E-state index contributed by atoms with van der Waals surface area (Å²) >= 11 is 0. The first-order valence-corrected chi connectivity index (χ1v) is 7.59. The third-order valence-corrected chi connectivity index (χ3v) is 3.47. The van der Waals surface area contributed by atoms with E-state index in [-0.39, 0.29) is 16.6 Å². The molecular formula is C19H29NO. The SMILES string of the molecule is CC(=O)C/C(C)=N/c1cc(C(C)(C)C)cc(C(C)(C)C)c1. The largest absolute Gasteiger partial charge is 0.300 e. The number of hydrogen-bond acceptors (Lipinski definition) is 2. The second-order valence-corrected chi connectivity index (χ2v) is 7.99. The summed E-state index contributed by atoms with van der Waals surface area (Å²) in [6, 6.07) is 6.55. The summed E-state index contributed by atoms with van der Waals surface area (Å²) in [5.41, 5.74) is 4.55. The van der Waals surface area contributed by atoms with Crippen molar-refractivity contribution in [3.8, 4) is 0 Å². The molecule has 116 valence electrons. The summed E-state index contributed by atoms with van der Waals surface area (Å²) in [5.74, 6) is 0.152. The predicted octanol–water partition coefficient (Wildman–Crippen LogP) is 5.35. The van der Waals surface area contributed by atoms with Gasteiger partial charge in [0, 0.05) is 12.1 Å². The summed E-state index contributed by atoms with van der Waals surface area (Å²) in [6.45, 7) is 16.8. The Bertz CT molecular complexity index is 522. The molecule has 0 aliphatic rings. The Balaban J connectivity index is 3.36. The number of nitrogens with zero attached hydrogens (tertiary/aromatic N) is 1. The number of aliphatic imine (C=N–C) groups is 1. The average Bonchev–Trinajstić information content (AvgIpc) is 2.24. The van der Waals surface area contributed by atoms with Crippen LogP contribution in [0.2, 0.25) is 0 Å². The van der Waals surface area contributed by atoms with E-state index in [1.54, 1.807) is 6.92 Å². The molecule has 0 radical (unpaired) electrons. The Morgan fingerprint density at radius 3 is 1.67 bits per heavy atom. The van der Waals surface area contributed by atoms with Gasteiger partial charge in [-0.1, -0.05) is 47.6 Å². The number of hydrogen-bond donors (Lipinski definition) is 0. The smallest absolute Gasteiger partial charge is 0.135 e. The molecule has 0 aliphatic heterocycles. The molecule has 0 N–H and O–H groups in total. The lowest BCUT2D eigenvalue weighted by atomic mass is 9.80. The van der Waals surface area contributed by atoms with Crippen LogP contribution in [-0.4, -0.2) is 11.5 Å². The minimum absolute atomic E-state index is 0.0833. The third-order valence-electron chi connectivity index (χ3n) is 3.47. The number of carbonyl (C=O) groups excluding carboxylic acids is 1. The lowest BCUT2D eigenvalue weighted by molar-refractivity contribution is -0.115. The monoisotopic (exact) mass is 287 g/mol. The molecule has 0 atom stereocenters. The standard InChI is InChI=1S/C19H29NO/c1-13(9-14(2)21)20-17-11-15(18(3,4)5)10-16(12-17)19(6,7)8/h10-12H,9H2,1-8H3/b20-13+. The highest BCUT2D eigenvalue weighted by Crippen LogP contribution is 2.33. The lowest BCUT2D eigenvalue weighted by Crippen LogP contribution is -2.16. The Morgan fingerprint density at radius 1 is 0.905 bits per heavy atom. The van der Waals surface area contributed by atoms with Crippen molar-refractivity contribution in [3.63, 3.8) is 0 Å². The van der Waals surface area contributed by atoms with Crippen LogP contribution in [0.5, 0.6) is 0 Å². The number of rotatable bonds is 3. The van der Waals surface area contributed by atoms with E-state index in [0.717, 1.165) is 11.4 Å². The molecule has 0 saturated carbocycles. The average molecular weight is 287 g/mol. The molecule has 0 bridgehead atoms. The summed E-state index contributed by atoms with van der Waals surface area (Å²) in [6.07, 6.45) is 0.421. The highest BCUT2D eigenvalue weighted by Gasteiger charge is 2.20. The first-order valence-electron chi connectivity index (χ1n) is 7.59. The second-order valence-electron chi connectivity index (χ2n) is 7.99. The maximum absolute atomic E-state index is 11.2. The van der Waals surface area contributed by atoms with Crippen LogP contribution in [0.25, 0.3) is 0 Å². The van der Waals surface area contributed by atoms with Crippen LogP contribution in [0.4, 0.5) is 5.69 Å². The zero-order chi connectivity index (χ0) is 16.4.